The van der Waals surface area contributed by atoms with E-state index in [0.29, 0.717) is 28.7 Å². The molecular weight excluding hydrogens is 414 g/mol. The molecule has 2 aromatic carbocycles. The van der Waals surface area contributed by atoms with E-state index >= 15 is 0 Å². The third-order valence-corrected chi connectivity index (χ3v) is 5.33. The van der Waals surface area contributed by atoms with Gasteiger partial charge in [-0.1, -0.05) is 17.7 Å². The van der Waals surface area contributed by atoms with Crippen LogP contribution in [-0.4, -0.2) is 42.5 Å². The average molecular weight is 434 g/mol. The fourth-order valence-electron chi connectivity index (χ4n) is 2.81. The number of hydrogen-bond acceptors (Lipinski definition) is 5. The molecule has 8 heteroatoms. The quantitative estimate of drug-likeness (QED) is 0.553. The number of carbonyl (C=O) groups excluding carboxylic acids is 1. The summed E-state index contributed by atoms with van der Waals surface area (Å²) in [6.45, 7) is 0.538. The highest BCUT2D eigenvalue weighted by atomic mass is 35.5. The van der Waals surface area contributed by atoms with E-state index in [2.05, 4.69) is 5.32 Å². The van der Waals surface area contributed by atoms with Crippen LogP contribution in [0.15, 0.2) is 53.4 Å². The molecule has 0 aromatic heterocycles. The Morgan fingerprint density at radius 3 is 2.48 bits per heavy atom. The summed E-state index contributed by atoms with van der Waals surface area (Å²) in [5.74, 6) is -0.764. The average Bonchev–Trinajstić information content (AvgIpc) is 2.70. The van der Waals surface area contributed by atoms with Crippen molar-refractivity contribution in [3.05, 3.63) is 64.7 Å². The largest absolute Gasteiger partial charge is 0.489 e. The zero-order valence-corrected chi connectivity index (χ0v) is 17.3. The molecule has 2 aliphatic rings. The number of hydrogen-bond donors (Lipinski definition) is 2. The Labute approximate surface area is 177 Å². The van der Waals surface area contributed by atoms with Crippen LogP contribution in [-0.2, 0) is 11.2 Å². The van der Waals surface area contributed by atoms with E-state index in [-0.39, 0.29) is 18.6 Å². The van der Waals surface area contributed by atoms with Crippen LogP contribution in [0.25, 0.3) is 0 Å². The molecule has 2 aromatic rings. The number of rotatable bonds is 2. The van der Waals surface area contributed by atoms with Crippen molar-refractivity contribution in [2.24, 2.45) is 0 Å². The Kier molecular flexibility index (Phi) is 7.06. The summed E-state index contributed by atoms with van der Waals surface area (Å²) < 4.78 is 11.3. The first-order valence-corrected chi connectivity index (χ1v) is 10.5. The molecule has 0 saturated carbocycles. The summed E-state index contributed by atoms with van der Waals surface area (Å²) >= 11 is 7.72. The molecule has 2 N–H and O–H groups in total. The van der Waals surface area contributed by atoms with Gasteiger partial charge in [0.15, 0.2) is 0 Å². The number of aliphatic carboxylic acids is 1. The topological polar surface area (TPSA) is 84.9 Å². The maximum absolute atomic E-state index is 12.9. The Balaban J connectivity index is 1.97. The summed E-state index contributed by atoms with van der Waals surface area (Å²) in [6.07, 6.45) is 5.55. The van der Waals surface area contributed by atoms with E-state index < -0.39 is 17.9 Å². The van der Waals surface area contributed by atoms with Crippen LogP contribution in [0.4, 0.5) is 0 Å². The van der Waals surface area contributed by atoms with E-state index in [1.54, 1.807) is 42.5 Å². The monoisotopic (exact) mass is 433 g/mol. The molecule has 0 radical (unpaired) electrons. The van der Waals surface area contributed by atoms with Gasteiger partial charge in [-0.15, -0.1) is 11.8 Å². The van der Waals surface area contributed by atoms with Gasteiger partial charge in [-0.3, -0.25) is 4.79 Å². The highest BCUT2D eigenvalue weighted by molar-refractivity contribution is 7.98. The van der Waals surface area contributed by atoms with Crippen molar-refractivity contribution in [1.29, 1.82) is 0 Å². The van der Waals surface area contributed by atoms with Crippen molar-refractivity contribution in [3.63, 3.8) is 0 Å². The molecule has 0 aliphatic carbocycles. The van der Waals surface area contributed by atoms with E-state index in [1.807, 2.05) is 12.3 Å². The normalized spacial score (nSPS) is 17.0. The summed E-state index contributed by atoms with van der Waals surface area (Å²) in [5.41, 5.74) is 0.959. The van der Waals surface area contributed by atoms with Crippen LogP contribution in [0.3, 0.4) is 0 Å². The third-order valence-electron chi connectivity index (χ3n) is 4.31. The first-order chi connectivity index (χ1) is 14.0. The van der Waals surface area contributed by atoms with Gasteiger partial charge in [0, 0.05) is 11.3 Å². The fraction of sp³-hybridized carbons (Fsp3) is 0.238. The number of carboxylic acid groups (broad SMARTS) is 1. The highest BCUT2D eigenvalue weighted by Crippen LogP contribution is 2.27. The Hall–Kier alpha value is -2.64. The Bertz CT molecular complexity index is 947. The molecule has 1 atom stereocenters. The molecule has 2 bridgehead atoms. The SMILES string of the molecule is CSc1ccc2c(c1)C(=O)N[C@H](C(=O)O)Cc1ccc(c(Cl)c1)OCC=CCO2. The molecule has 4 rings (SSSR count). The second-order valence-corrected chi connectivity index (χ2v) is 7.58. The molecule has 2 aliphatic heterocycles. The van der Waals surface area contributed by atoms with Gasteiger partial charge in [0.2, 0.25) is 0 Å². The number of benzene rings is 2. The number of amides is 1. The van der Waals surface area contributed by atoms with Gasteiger partial charge in [-0.25, -0.2) is 4.79 Å². The maximum atomic E-state index is 12.9. The summed E-state index contributed by atoms with van der Waals surface area (Å²) in [5, 5.41) is 12.6. The number of thioether (sulfide) groups is 1. The predicted molar refractivity (Wildman–Crippen MR) is 112 cm³/mol. The molecule has 0 fully saturated rings. The van der Waals surface area contributed by atoms with Crippen LogP contribution in [0.2, 0.25) is 5.02 Å². The van der Waals surface area contributed by atoms with Gasteiger partial charge >= 0.3 is 5.97 Å². The number of carbonyl (C=O) groups is 2. The zero-order chi connectivity index (χ0) is 20.8. The van der Waals surface area contributed by atoms with Gasteiger partial charge in [0.1, 0.15) is 30.8 Å². The van der Waals surface area contributed by atoms with Gasteiger partial charge < -0.3 is 19.9 Å². The van der Waals surface area contributed by atoms with E-state index in [9.17, 15) is 14.7 Å². The van der Waals surface area contributed by atoms with Gasteiger partial charge in [0.25, 0.3) is 5.91 Å². The molecule has 2 heterocycles. The van der Waals surface area contributed by atoms with E-state index in [4.69, 9.17) is 21.1 Å². The van der Waals surface area contributed by atoms with E-state index in [0.717, 1.165) is 4.90 Å². The summed E-state index contributed by atoms with van der Waals surface area (Å²) in [4.78, 5) is 25.5. The number of fused-ring (bicyclic) bond motifs is 9. The van der Waals surface area contributed by atoms with Crippen LogP contribution in [0.1, 0.15) is 15.9 Å². The lowest BCUT2D eigenvalue weighted by molar-refractivity contribution is -0.139. The number of ether oxygens (including phenoxy) is 2. The summed E-state index contributed by atoms with van der Waals surface area (Å²) in [6, 6.07) is 9.20. The van der Waals surface area contributed by atoms with Gasteiger partial charge in [0.05, 0.1) is 10.6 Å². The molecule has 1 amide bonds. The maximum Gasteiger partial charge on any atom is 0.326 e. The smallest absolute Gasteiger partial charge is 0.326 e. The highest BCUT2D eigenvalue weighted by Gasteiger charge is 2.24. The molecular formula is C21H20ClNO5S. The lowest BCUT2D eigenvalue weighted by atomic mass is 10.0. The van der Waals surface area contributed by atoms with Gasteiger partial charge in [-0.2, -0.15) is 0 Å². The third kappa shape index (κ3) is 5.46. The minimum atomic E-state index is -1.14. The first kappa shape index (κ1) is 21.1. The molecule has 152 valence electrons. The number of nitrogens with one attached hydrogen (secondary N) is 1. The predicted octanol–water partition coefficient (Wildman–Crippen LogP) is 3.82. The molecule has 0 spiro atoms. The van der Waals surface area contributed by atoms with Crippen molar-refractivity contribution in [1.82, 2.24) is 5.32 Å². The fourth-order valence-corrected chi connectivity index (χ4v) is 3.51. The van der Waals surface area contributed by atoms with Crippen LogP contribution >= 0.6 is 23.4 Å². The van der Waals surface area contributed by atoms with Crippen molar-refractivity contribution < 1.29 is 24.2 Å². The summed E-state index contributed by atoms with van der Waals surface area (Å²) in [7, 11) is 0. The van der Waals surface area contributed by atoms with Crippen LogP contribution in [0, 0.1) is 0 Å². The van der Waals surface area contributed by atoms with Crippen LogP contribution < -0.4 is 14.8 Å². The second-order valence-electron chi connectivity index (χ2n) is 6.29. The van der Waals surface area contributed by atoms with Crippen molar-refractivity contribution in [3.8, 4) is 11.5 Å². The zero-order valence-electron chi connectivity index (χ0n) is 15.7. The van der Waals surface area contributed by atoms with Crippen molar-refractivity contribution in [2.75, 3.05) is 19.5 Å². The Morgan fingerprint density at radius 1 is 1.14 bits per heavy atom. The molecule has 29 heavy (non-hydrogen) atoms. The lowest BCUT2D eigenvalue weighted by Crippen LogP contribution is -2.42. The number of halogens is 1. The Morgan fingerprint density at radius 2 is 1.83 bits per heavy atom. The molecule has 0 saturated heterocycles. The van der Waals surface area contributed by atoms with E-state index in [1.165, 1.54) is 11.8 Å². The van der Waals surface area contributed by atoms with Crippen LogP contribution in [0.5, 0.6) is 11.5 Å². The number of carboxylic acids is 1. The first-order valence-electron chi connectivity index (χ1n) is 8.88. The van der Waals surface area contributed by atoms with Crippen molar-refractivity contribution >= 4 is 35.2 Å². The minimum absolute atomic E-state index is 0.0827. The van der Waals surface area contributed by atoms with Crippen molar-refractivity contribution in [2.45, 2.75) is 17.4 Å². The van der Waals surface area contributed by atoms with Gasteiger partial charge in [-0.05, 0) is 54.3 Å². The molecule has 0 unspecified atom stereocenters. The standard InChI is InChI=1S/C21H20ClNO5S/c1-29-14-5-7-18-15(12-14)20(24)23-17(21(25)26)11-13-4-6-19(16(22)10-13)28-9-3-2-8-27-18/h2-7,10,12,17H,8-9,11H2,1H3,(H,23,24)(H,25,26)/t17-/m0/s1. The lowest BCUT2D eigenvalue weighted by Gasteiger charge is -2.18. The minimum Gasteiger partial charge on any atom is -0.489 e. The second kappa shape index (κ2) is 9.71. The molecule has 6 nitrogen and oxygen atoms in total.